The fourth-order valence-electron chi connectivity index (χ4n) is 2.11. The predicted octanol–water partition coefficient (Wildman–Crippen LogP) is 0.517. The van der Waals surface area contributed by atoms with Crippen molar-refractivity contribution in [2.75, 3.05) is 32.7 Å². The van der Waals surface area contributed by atoms with Crippen LogP contribution in [0.3, 0.4) is 0 Å². The Hall–Kier alpha value is -0.840. The number of nitrogens with zero attached hydrogens (tertiary/aromatic N) is 1. The first-order valence-electron chi connectivity index (χ1n) is 5.97. The van der Waals surface area contributed by atoms with Crippen molar-refractivity contribution in [2.24, 2.45) is 0 Å². The minimum Gasteiger partial charge on any atom is -0.385 e. The lowest BCUT2D eigenvalue weighted by Crippen LogP contribution is -2.44. The van der Waals surface area contributed by atoms with E-state index in [9.17, 15) is 5.11 Å². The molecule has 0 aromatic carbocycles. The van der Waals surface area contributed by atoms with Gasteiger partial charge in [0.2, 0.25) is 0 Å². The second-order valence-corrected chi connectivity index (χ2v) is 4.72. The summed E-state index contributed by atoms with van der Waals surface area (Å²) in [6.45, 7) is 7.14. The van der Waals surface area contributed by atoms with Crippen LogP contribution in [0.15, 0.2) is 18.5 Å². The highest BCUT2D eigenvalue weighted by Crippen LogP contribution is 2.24. The Morgan fingerprint density at radius 3 is 2.81 bits per heavy atom. The molecule has 3 N–H and O–H groups in total. The first-order chi connectivity index (χ1) is 7.68. The van der Waals surface area contributed by atoms with E-state index < -0.39 is 5.60 Å². The van der Waals surface area contributed by atoms with Gasteiger partial charge in [-0.2, -0.15) is 0 Å². The molecule has 0 aliphatic carbocycles. The Morgan fingerprint density at radius 2 is 2.19 bits per heavy atom. The van der Waals surface area contributed by atoms with Crippen LogP contribution >= 0.6 is 0 Å². The van der Waals surface area contributed by atoms with Gasteiger partial charge in [0.05, 0.1) is 5.60 Å². The molecule has 2 heterocycles. The summed E-state index contributed by atoms with van der Waals surface area (Å²) in [5.41, 5.74) is 0.257. The fraction of sp³-hybridized carbons (Fsp3) is 0.667. The first-order valence-corrected chi connectivity index (χ1v) is 5.97. The molecule has 16 heavy (non-hydrogen) atoms. The topological polar surface area (TPSA) is 51.3 Å². The fourth-order valence-corrected chi connectivity index (χ4v) is 2.11. The van der Waals surface area contributed by atoms with E-state index in [-0.39, 0.29) is 0 Å². The van der Waals surface area contributed by atoms with Crippen molar-refractivity contribution in [1.82, 2.24) is 15.2 Å². The van der Waals surface area contributed by atoms with Crippen molar-refractivity contribution >= 4 is 0 Å². The molecule has 4 nitrogen and oxygen atoms in total. The molecule has 0 radical (unpaired) electrons. The lowest BCUT2D eigenvalue weighted by molar-refractivity contribution is 0.0346. The molecule has 1 aromatic heterocycles. The van der Waals surface area contributed by atoms with Crippen LogP contribution in [-0.4, -0.2) is 47.7 Å². The van der Waals surface area contributed by atoms with Gasteiger partial charge in [-0.25, -0.2) is 0 Å². The first kappa shape index (κ1) is 11.6. The summed E-state index contributed by atoms with van der Waals surface area (Å²) in [7, 11) is 0. The molecule has 0 amide bonds. The molecule has 0 saturated carbocycles. The lowest BCUT2D eigenvalue weighted by Gasteiger charge is -2.30. The van der Waals surface area contributed by atoms with Gasteiger partial charge in [-0.1, -0.05) is 0 Å². The third-order valence-electron chi connectivity index (χ3n) is 3.34. The van der Waals surface area contributed by atoms with Crippen molar-refractivity contribution in [1.29, 1.82) is 0 Å². The quantitative estimate of drug-likeness (QED) is 0.697. The average molecular weight is 223 g/mol. The number of hydrogen-bond donors (Lipinski definition) is 3. The summed E-state index contributed by atoms with van der Waals surface area (Å²) in [5.74, 6) is 0. The number of H-pyrrole nitrogens is 1. The van der Waals surface area contributed by atoms with E-state index in [1.165, 1.54) is 0 Å². The van der Waals surface area contributed by atoms with Gasteiger partial charge in [0.15, 0.2) is 0 Å². The van der Waals surface area contributed by atoms with E-state index >= 15 is 0 Å². The SMILES string of the molecule is CC(O)(CCN1CCNCC1)c1cc[nH]c1. The minimum atomic E-state index is -0.717. The molecule has 1 unspecified atom stereocenters. The van der Waals surface area contributed by atoms with Crippen LogP contribution in [-0.2, 0) is 5.60 Å². The summed E-state index contributed by atoms with van der Waals surface area (Å²) in [6, 6.07) is 1.94. The van der Waals surface area contributed by atoms with Crippen molar-refractivity contribution in [2.45, 2.75) is 18.9 Å². The Labute approximate surface area is 96.7 Å². The molecule has 1 aliphatic heterocycles. The van der Waals surface area contributed by atoms with Crippen LogP contribution in [0.25, 0.3) is 0 Å². The molecule has 1 atom stereocenters. The monoisotopic (exact) mass is 223 g/mol. The number of hydrogen-bond acceptors (Lipinski definition) is 3. The zero-order valence-electron chi connectivity index (χ0n) is 9.87. The van der Waals surface area contributed by atoms with Crippen molar-refractivity contribution in [3.05, 3.63) is 24.0 Å². The van der Waals surface area contributed by atoms with Gasteiger partial charge in [0.25, 0.3) is 0 Å². The van der Waals surface area contributed by atoms with Gasteiger partial charge in [-0.05, 0) is 19.4 Å². The van der Waals surface area contributed by atoms with Crippen molar-refractivity contribution in [3.63, 3.8) is 0 Å². The van der Waals surface area contributed by atoms with E-state index in [2.05, 4.69) is 15.2 Å². The zero-order valence-corrected chi connectivity index (χ0v) is 9.87. The van der Waals surface area contributed by atoms with Crippen molar-refractivity contribution < 1.29 is 5.11 Å². The van der Waals surface area contributed by atoms with Gasteiger partial charge in [0.1, 0.15) is 0 Å². The standard InChI is InChI=1S/C12H21N3O/c1-12(16,11-2-4-14-10-11)3-7-15-8-5-13-6-9-15/h2,4,10,13-14,16H,3,5-9H2,1H3. The zero-order chi connectivity index (χ0) is 11.4. The van der Waals surface area contributed by atoms with E-state index in [0.29, 0.717) is 0 Å². The van der Waals surface area contributed by atoms with Gasteiger partial charge in [0, 0.05) is 50.7 Å². The van der Waals surface area contributed by atoms with Crippen LogP contribution in [0.2, 0.25) is 0 Å². The highest BCUT2D eigenvalue weighted by molar-refractivity contribution is 5.16. The Balaban J connectivity index is 1.84. The van der Waals surface area contributed by atoms with Crippen LogP contribution in [0.1, 0.15) is 18.9 Å². The number of aliphatic hydroxyl groups is 1. The molecule has 1 aromatic rings. The third kappa shape index (κ3) is 2.84. The molecule has 2 rings (SSSR count). The van der Waals surface area contributed by atoms with E-state index in [1.807, 2.05) is 25.4 Å². The molecule has 4 heteroatoms. The minimum absolute atomic E-state index is 0.717. The van der Waals surface area contributed by atoms with Gasteiger partial charge < -0.3 is 20.3 Å². The summed E-state index contributed by atoms with van der Waals surface area (Å²) < 4.78 is 0. The second-order valence-electron chi connectivity index (χ2n) is 4.72. The molecular formula is C12H21N3O. The Kier molecular flexibility index (Phi) is 3.63. The second kappa shape index (κ2) is 4.99. The van der Waals surface area contributed by atoms with Gasteiger partial charge >= 0.3 is 0 Å². The number of nitrogens with one attached hydrogen (secondary N) is 2. The highest BCUT2D eigenvalue weighted by atomic mass is 16.3. The number of rotatable bonds is 4. The Bertz CT molecular complexity index is 302. The number of aromatic amines is 1. The number of piperazine rings is 1. The van der Waals surface area contributed by atoms with Gasteiger partial charge in [-0.15, -0.1) is 0 Å². The number of aromatic nitrogens is 1. The Morgan fingerprint density at radius 1 is 1.44 bits per heavy atom. The maximum atomic E-state index is 10.3. The van der Waals surface area contributed by atoms with Crippen LogP contribution in [0.5, 0.6) is 0 Å². The van der Waals surface area contributed by atoms with E-state index in [4.69, 9.17) is 0 Å². The third-order valence-corrected chi connectivity index (χ3v) is 3.34. The summed E-state index contributed by atoms with van der Waals surface area (Å²) in [4.78, 5) is 5.39. The van der Waals surface area contributed by atoms with E-state index in [1.54, 1.807) is 0 Å². The smallest absolute Gasteiger partial charge is 0.0895 e. The molecule has 0 bridgehead atoms. The summed E-state index contributed by atoms with van der Waals surface area (Å²) >= 11 is 0. The summed E-state index contributed by atoms with van der Waals surface area (Å²) in [6.07, 6.45) is 4.51. The predicted molar refractivity (Wildman–Crippen MR) is 64.3 cm³/mol. The average Bonchev–Trinajstić information content (AvgIpc) is 2.82. The van der Waals surface area contributed by atoms with Crippen LogP contribution < -0.4 is 5.32 Å². The maximum Gasteiger partial charge on any atom is 0.0895 e. The maximum absolute atomic E-state index is 10.3. The van der Waals surface area contributed by atoms with Crippen LogP contribution in [0, 0.1) is 0 Å². The molecule has 90 valence electrons. The van der Waals surface area contributed by atoms with E-state index in [0.717, 1.165) is 44.7 Å². The highest BCUT2D eigenvalue weighted by Gasteiger charge is 2.24. The molecular weight excluding hydrogens is 202 g/mol. The molecule has 0 spiro atoms. The molecule has 1 aliphatic rings. The normalized spacial score (nSPS) is 21.9. The van der Waals surface area contributed by atoms with Crippen molar-refractivity contribution in [3.8, 4) is 0 Å². The largest absolute Gasteiger partial charge is 0.385 e. The van der Waals surface area contributed by atoms with Gasteiger partial charge in [-0.3, -0.25) is 0 Å². The molecule has 1 fully saturated rings. The lowest BCUT2D eigenvalue weighted by atomic mass is 9.95. The molecule has 1 saturated heterocycles. The summed E-state index contributed by atoms with van der Waals surface area (Å²) in [5, 5.41) is 13.7. The van der Waals surface area contributed by atoms with Crippen LogP contribution in [0.4, 0.5) is 0 Å².